The van der Waals surface area contributed by atoms with Crippen molar-refractivity contribution in [3.63, 3.8) is 0 Å². The average molecular weight is 269 g/mol. The van der Waals surface area contributed by atoms with Gasteiger partial charge in [-0.2, -0.15) is 0 Å². The maximum absolute atomic E-state index is 12.1. The third kappa shape index (κ3) is 2.89. The minimum absolute atomic E-state index is 0.0596. The third-order valence-corrected chi connectivity index (χ3v) is 3.26. The number of nitrogens with zero attached hydrogens (tertiary/aromatic N) is 2. The van der Waals surface area contributed by atoms with E-state index in [2.05, 4.69) is 22.4 Å². The number of aromatic nitrogens is 2. The number of aryl methyl sites for hydroxylation is 1. The number of imidazole rings is 1. The summed E-state index contributed by atoms with van der Waals surface area (Å²) in [6, 6.07) is 7.30. The zero-order chi connectivity index (χ0) is 14.5. The summed E-state index contributed by atoms with van der Waals surface area (Å²) in [4.78, 5) is 16.6. The lowest BCUT2D eigenvalue weighted by Gasteiger charge is -2.09. The van der Waals surface area contributed by atoms with Gasteiger partial charge in [-0.25, -0.2) is 4.98 Å². The zero-order valence-electron chi connectivity index (χ0n) is 11.7. The Morgan fingerprint density at radius 2 is 2.25 bits per heavy atom. The highest BCUT2D eigenvalue weighted by Gasteiger charge is 2.17. The van der Waals surface area contributed by atoms with Crippen molar-refractivity contribution in [2.24, 2.45) is 5.73 Å². The number of hydrogen-bond donors (Lipinski definition) is 1. The van der Waals surface area contributed by atoms with Crippen LogP contribution >= 0.6 is 0 Å². The van der Waals surface area contributed by atoms with Gasteiger partial charge in [0, 0.05) is 13.0 Å². The Morgan fingerprint density at radius 3 is 2.95 bits per heavy atom. The minimum atomic E-state index is -0.602. The molecule has 4 nitrogen and oxygen atoms in total. The largest absolute Gasteiger partial charge is 0.328 e. The molecule has 20 heavy (non-hydrogen) atoms. The predicted octanol–water partition coefficient (Wildman–Crippen LogP) is 1.91. The van der Waals surface area contributed by atoms with E-state index in [9.17, 15) is 4.79 Å². The molecule has 0 aliphatic carbocycles. The molecule has 104 valence electrons. The van der Waals surface area contributed by atoms with Crippen molar-refractivity contribution < 1.29 is 4.79 Å². The number of rotatable bonds is 6. The predicted molar refractivity (Wildman–Crippen MR) is 80.2 cm³/mol. The van der Waals surface area contributed by atoms with Crippen molar-refractivity contribution in [2.45, 2.75) is 38.8 Å². The maximum Gasteiger partial charge on any atom is 0.157 e. The first-order valence-corrected chi connectivity index (χ1v) is 6.83. The summed E-state index contributed by atoms with van der Waals surface area (Å²) < 4.78 is 2.09. The second-order valence-corrected chi connectivity index (χ2v) is 4.83. The Hall–Kier alpha value is -2.12. The normalized spacial score (nSPS) is 12.2. The van der Waals surface area contributed by atoms with Crippen molar-refractivity contribution in [1.29, 1.82) is 0 Å². The molecular weight excluding hydrogens is 250 g/mol. The molecule has 0 bridgehead atoms. The van der Waals surface area contributed by atoms with Gasteiger partial charge < -0.3 is 10.3 Å². The van der Waals surface area contributed by atoms with Crippen molar-refractivity contribution >= 4 is 16.8 Å². The molecule has 0 saturated carbocycles. The zero-order valence-corrected chi connectivity index (χ0v) is 11.7. The Bertz CT molecular complexity index is 651. The molecule has 0 radical (unpaired) electrons. The van der Waals surface area contributed by atoms with Gasteiger partial charge in [-0.3, -0.25) is 4.79 Å². The highest BCUT2D eigenvalue weighted by atomic mass is 16.1. The van der Waals surface area contributed by atoms with Crippen molar-refractivity contribution in [1.82, 2.24) is 9.55 Å². The van der Waals surface area contributed by atoms with E-state index in [0.717, 1.165) is 29.8 Å². The van der Waals surface area contributed by atoms with E-state index in [-0.39, 0.29) is 18.6 Å². The molecule has 0 aliphatic heterocycles. The second-order valence-electron chi connectivity index (χ2n) is 4.83. The Labute approximate surface area is 119 Å². The summed E-state index contributed by atoms with van der Waals surface area (Å²) in [6.07, 6.45) is 6.68. The van der Waals surface area contributed by atoms with E-state index in [1.54, 1.807) is 0 Å². The van der Waals surface area contributed by atoms with Gasteiger partial charge in [0.05, 0.1) is 23.5 Å². The van der Waals surface area contributed by atoms with Crippen LogP contribution in [0.4, 0.5) is 0 Å². The smallest absolute Gasteiger partial charge is 0.157 e. The number of nitrogens with two attached hydrogens (primary N) is 1. The molecule has 0 saturated heterocycles. The quantitative estimate of drug-likeness (QED) is 0.815. The lowest BCUT2D eigenvalue weighted by Crippen LogP contribution is -2.32. The highest BCUT2D eigenvalue weighted by molar-refractivity contribution is 5.86. The van der Waals surface area contributed by atoms with E-state index in [4.69, 9.17) is 12.2 Å². The number of carbonyl (C=O) groups is 1. The molecule has 2 aromatic rings. The fourth-order valence-electron chi connectivity index (χ4n) is 2.26. The fraction of sp³-hybridized carbons (Fsp3) is 0.375. The molecule has 2 N–H and O–H groups in total. The Morgan fingerprint density at radius 1 is 1.50 bits per heavy atom. The van der Waals surface area contributed by atoms with E-state index < -0.39 is 6.04 Å². The van der Waals surface area contributed by atoms with E-state index >= 15 is 0 Å². The van der Waals surface area contributed by atoms with Gasteiger partial charge in [0.25, 0.3) is 0 Å². The minimum Gasteiger partial charge on any atom is -0.328 e. The number of carbonyl (C=O) groups excluding carboxylic acids is 1. The molecule has 1 atom stereocenters. The molecule has 0 amide bonds. The molecule has 0 fully saturated rings. The van der Waals surface area contributed by atoms with Crippen molar-refractivity contribution in [3.8, 4) is 12.3 Å². The standard InChI is InChI=1S/C16H19N3O/c1-3-7-12(17)15(20)11-16-18-13-8-5-6-9-14(13)19(16)10-4-2/h1,5-6,8-9,12H,4,7,10-11,17H2,2H3. The topological polar surface area (TPSA) is 60.9 Å². The summed E-state index contributed by atoms with van der Waals surface area (Å²) in [7, 11) is 0. The first-order chi connectivity index (χ1) is 9.67. The van der Waals surface area contributed by atoms with Gasteiger partial charge in [-0.1, -0.05) is 19.1 Å². The van der Waals surface area contributed by atoms with E-state index in [0.29, 0.717) is 0 Å². The molecule has 2 rings (SSSR count). The summed E-state index contributed by atoms with van der Waals surface area (Å²) in [6.45, 7) is 2.94. The SMILES string of the molecule is C#CCC(N)C(=O)Cc1nc2ccccc2n1CCC. The molecule has 0 spiro atoms. The average Bonchev–Trinajstić information content (AvgIpc) is 2.78. The number of hydrogen-bond acceptors (Lipinski definition) is 3. The number of Topliss-reactive ketones (excluding diaryl/α,β-unsaturated/α-hetero) is 1. The second kappa shape index (κ2) is 6.36. The lowest BCUT2D eigenvalue weighted by atomic mass is 10.1. The third-order valence-electron chi connectivity index (χ3n) is 3.26. The first-order valence-electron chi connectivity index (χ1n) is 6.83. The van der Waals surface area contributed by atoms with Crippen LogP contribution in [0.25, 0.3) is 11.0 Å². The van der Waals surface area contributed by atoms with Crippen LogP contribution in [0.15, 0.2) is 24.3 Å². The number of benzene rings is 1. The van der Waals surface area contributed by atoms with Crippen LogP contribution in [0.1, 0.15) is 25.6 Å². The Kier molecular flexibility index (Phi) is 4.54. The van der Waals surface area contributed by atoms with Crippen LogP contribution in [0.2, 0.25) is 0 Å². The van der Waals surface area contributed by atoms with Crippen molar-refractivity contribution in [2.75, 3.05) is 0 Å². The van der Waals surface area contributed by atoms with Gasteiger partial charge in [0.15, 0.2) is 5.78 Å². The fourth-order valence-corrected chi connectivity index (χ4v) is 2.26. The van der Waals surface area contributed by atoms with Crippen LogP contribution in [-0.2, 0) is 17.8 Å². The van der Waals surface area contributed by atoms with Crippen LogP contribution < -0.4 is 5.73 Å². The number of para-hydroxylation sites is 2. The van der Waals surface area contributed by atoms with E-state index in [1.807, 2.05) is 24.3 Å². The lowest BCUT2D eigenvalue weighted by molar-refractivity contribution is -0.119. The van der Waals surface area contributed by atoms with Gasteiger partial charge in [0.2, 0.25) is 0 Å². The summed E-state index contributed by atoms with van der Waals surface area (Å²) >= 11 is 0. The highest BCUT2D eigenvalue weighted by Crippen LogP contribution is 2.17. The van der Waals surface area contributed by atoms with Crippen molar-refractivity contribution in [3.05, 3.63) is 30.1 Å². The summed E-state index contributed by atoms with van der Waals surface area (Å²) in [5.74, 6) is 3.14. The Balaban J connectivity index is 2.31. The van der Waals surface area contributed by atoms with Gasteiger partial charge in [-0.15, -0.1) is 12.3 Å². The molecule has 1 heterocycles. The molecule has 0 aliphatic rings. The van der Waals surface area contributed by atoms with E-state index in [1.165, 1.54) is 0 Å². The molecule has 1 aromatic carbocycles. The van der Waals surface area contributed by atoms with Crippen LogP contribution in [-0.4, -0.2) is 21.4 Å². The van der Waals surface area contributed by atoms with Gasteiger partial charge in [-0.05, 0) is 18.6 Å². The monoisotopic (exact) mass is 269 g/mol. The number of ketones is 1. The molecule has 1 unspecified atom stereocenters. The molecular formula is C16H19N3O. The number of terminal acetylenes is 1. The first kappa shape index (κ1) is 14.3. The molecule has 4 heteroatoms. The van der Waals surface area contributed by atoms with Gasteiger partial charge >= 0.3 is 0 Å². The number of fused-ring (bicyclic) bond motifs is 1. The van der Waals surface area contributed by atoms with Gasteiger partial charge in [0.1, 0.15) is 5.82 Å². The summed E-state index contributed by atoms with van der Waals surface area (Å²) in [5.41, 5.74) is 7.73. The van der Waals surface area contributed by atoms with Crippen LogP contribution in [0, 0.1) is 12.3 Å². The summed E-state index contributed by atoms with van der Waals surface area (Å²) in [5, 5.41) is 0. The maximum atomic E-state index is 12.1. The molecule has 1 aromatic heterocycles. The van der Waals surface area contributed by atoms with Crippen LogP contribution in [0.5, 0.6) is 0 Å². The van der Waals surface area contributed by atoms with Crippen LogP contribution in [0.3, 0.4) is 0 Å².